The Hall–Kier alpha value is -4.03. The van der Waals surface area contributed by atoms with Crippen molar-refractivity contribution in [3.8, 4) is 11.3 Å². The summed E-state index contributed by atoms with van der Waals surface area (Å²) in [4.78, 5) is 22.4. The minimum atomic E-state index is -0.320. The van der Waals surface area contributed by atoms with E-state index in [-0.39, 0.29) is 11.5 Å². The van der Waals surface area contributed by atoms with Crippen LogP contribution in [0.1, 0.15) is 15.9 Å². The van der Waals surface area contributed by atoms with E-state index in [1.165, 1.54) is 11.3 Å². The van der Waals surface area contributed by atoms with Crippen molar-refractivity contribution in [2.75, 3.05) is 5.32 Å². The number of anilines is 1. The number of benzene rings is 3. The van der Waals surface area contributed by atoms with Gasteiger partial charge in [-0.1, -0.05) is 60.7 Å². The van der Waals surface area contributed by atoms with Crippen LogP contribution < -0.4 is 10.9 Å². The highest BCUT2D eigenvalue weighted by molar-refractivity contribution is 7.14. The lowest BCUT2D eigenvalue weighted by Gasteiger charge is -2.05. The summed E-state index contributed by atoms with van der Waals surface area (Å²) in [6.07, 6.45) is 0. The Morgan fingerprint density at radius 3 is 2.62 bits per heavy atom. The molecule has 5 aromatic rings. The van der Waals surface area contributed by atoms with Gasteiger partial charge in [0.2, 0.25) is 5.55 Å². The second-order valence-corrected chi connectivity index (χ2v) is 8.17. The van der Waals surface area contributed by atoms with Crippen LogP contribution in [0.4, 0.5) is 10.8 Å². The van der Waals surface area contributed by atoms with Gasteiger partial charge >= 0.3 is 0 Å². The molecule has 0 bridgehead atoms. The van der Waals surface area contributed by atoms with Gasteiger partial charge in [0.05, 0.1) is 11.4 Å². The molecule has 5 nitrogen and oxygen atoms in total. The number of carbonyl (C=O) groups excluding carboxylic acids is 1. The average molecular weight is 438 g/mol. The number of amides is 1. The molecule has 0 atom stereocenters. The van der Waals surface area contributed by atoms with Gasteiger partial charge in [-0.25, -0.2) is 9.98 Å². The number of para-hydroxylation sites is 1. The number of hydrogen-bond donors (Lipinski definition) is 1. The van der Waals surface area contributed by atoms with E-state index in [2.05, 4.69) is 15.3 Å². The third kappa shape index (κ3) is 4.22. The Morgan fingerprint density at radius 2 is 1.78 bits per heavy atom. The lowest BCUT2D eigenvalue weighted by molar-refractivity contribution is 0.102. The van der Waals surface area contributed by atoms with Crippen molar-refractivity contribution in [2.24, 2.45) is 4.99 Å². The van der Waals surface area contributed by atoms with E-state index in [1.807, 2.05) is 91.2 Å². The standard InChI is InChI=1S/C26H19N3O2S/c1-17-8-7-12-20(14-17)27-25-21(15-19-11-5-6-13-23(19)31-25)24(30)29-26-28-22(16-32-26)18-9-3-2-4-10-18/h2-16H,1H3,(H,28,29,30). The number of aryl methyl sites for hydroxylation is 1. The smallest absolute Gasteiger partial charge is 0.262 e. The quantitative estimate of drug-likeness (QED) is 0.356. The Balaban J connectivity index is 1.54. The second-order valence-electron chi connectivity index (χ2n) is 7.31. The van der Waals surface area contributed by atoms with Crippen molar-refractivity contribution < 1.29 is 9.21 Å². The fourth-order valence-corrected chi connectivity index (χ4v) is 4.08. The monoisotopic (exact) mass is 437 g/mol. The van der Waals surface area contributed by atoms with Crippen LogP contribution in [0.15, 0.2) is 99.7 Å². The van der Waals surface area contributed by atoms with Crippen LogP contribution in [-0.2, 0) is 0 Å². The van der Waals surface area contributed by atoms with Crippen molar-refractivity contribution in [1.82, 2.24) is 4.98 Å². The molecule has 0 fully saturated rings. The Labute approximate surface area is 188 Å². The lowest BCUT2D eigenvalue weighted by Crippen LogP contribution is -2.21. The summed E-state index contributed by atoms with van der Waals surface area (Å²) in [6, 6.07) is 27.0. The van der Waals surface area contributed by atoms with Crippen LogP contribution in [0.2, 0.25) is 0 Å². The van der Waals surface area contributed by atoms with Crippen LogP contribution in [0.25, 0.3) is 22.2 Å². The zero-order valence-corrected chi connectivity index (χ0v) is 18.1. The SMILES string of the molecule is Cc1cccc(N=c2oc3ccccc3cc2C(=O)Nc2nc(-c3ccccc3)cs2)c1. The van der Waals surface area contributed by atoms with Crippen LogP contribution in [0.3, 0.4) is 0 Å². The Morgan fingerprint density at radius 1 is 0.969 bits per heavy atom. The van der Waals surface area contributed by atoms with E-state index in [0.717, 1.165) is 27.9 Å². The number of nitrogens with one attached hydrogen (secondary N) is 1. The van der Waals surface area contributed by atoms with Crippen molar-refractivity contribution >= 4 is 39.0 Å². The van der Waals surface area contributed by atoms with Gasteiger partial charge in [-0.05, 0) is 36.8 Å². The first-order valence-corrected chi connectivity index (χ1v) is 11.0. The van der Waals surface area contributed by atoms with Gasteiger partial charge in [-0.2, -0.15) is 0 Å². The predicted molar refractivity (Wildman–Crippen MR) is 128 cm³/mol. The molecule has 1 amide bonds. The topological polar surface area (TPSA) is 67.5 Å². The van der Waals surface area contributed by atoms with Gasteiger partial charge in [-0.3, -0.25) is 10.1 Å². The molecule has 0 spiro atoms. The van der Waals surface area contributed by atoms with E-state index in [4.69, 9.17) is 4.42 Å². The highest BCUT2D eigenvalue weighted by Gasteiger charge is 2.15. The maximum atomic E-state index is 13.2. The minimum absolute atomic E-state index is 0.256. The summed E-state index contributed by atoms with van der Waals surface area (Å²) in [5.74, 6) is -0.320. The van der Waals surface area contributed by atoms with E-state index < -0.39 is 0 Å². The number of thiazole rings is 1. The van der Waals surface area contributed by atoms with E-state index in [9.17, 15) is 4.79 Å². The molecule has 32 heavy (non-hydrogen) atoms. The number of nitrogens with zero attached hydrogens (tertiary/aromatic N) is 2. The normalized spacial score (nSPS) is 11.6. The molecule has 0 radical (unpaired) electrons. The molecule has 0 saturated carbocycles. The summed E-state index contributed by atoms with van der Waals surface area (Å²) in [5.41, 5.74) is 4.89. The third-order valence-corrected chi connectivity index (χ3v) is 5.68. The first kappa shape index (κ1) is 19.9. The van der Waals surface area contributed by atoms with Crippen molar-refractivity contribution in [3.05, 3.63) is 107 Å². The van der Waals surface area contributed by atoms with E-state index >= 15 is 0 Å². The summed E-state index contributed by atoms with van der Waals surface area (Å²) in [6.45, 7) is 2.00. The first-order chi connectivity index (χ1) is 15.7. The van der Waals surface area contributed by atoms with Crippen LogP contribution in [0.5, 0.6) is 0 Å². The summed E-state index contributed by atoms with van der Waals surface area (Å²) < 4.78 is 6.03. The fraction of sp³-hybridized carbons (Fsp3) is 0.0385. The van der Waals surface area contributed by atoms with Gasteiger partial charge in [0, 0.05) is 16.3 Å². The summed E-state index contributed by atoms with van der Waals surface area (Å²) in [7, 11) is 0. The Kier molecular flexibility index (Phi) is 5.35. The highest BCUT2D eigenvalue weighted by Crippen LogP contribution is 2.25. The summed E-state index contributed by atoms with van der Waals surface area (Å²) in [5, 5.41) is 6.16. The average Bonchev–Trinajstić information content (AvgIpc) is 3.28. The molecule has 156 valence electrons. The molecule has 0 unspecified atom stereocenters. The van der Waals surface area contributed by atoms with Gasteiger partial charge in [0.1, 0.15) is 11.1 Å². The summed E-state index contributed by atoms with van der Waals surface area (Å²) >= 11 is 1.38. The zero-order valence-electron chi connectivity index (χ0n) is 17.3. The van der Waals surface area contributed by atoms with Crippen LogP contribution in [0, 0.1) is 6.92 Å². The maximum Gasteiger partial charge on any atom is 0.262 e. The fourth-order valence-electron chi connectivity index (χ4n) is 3.37. The largest absolute Gasteiger partial charge is 0.438 e. The van der Waals surface area contributed by atoms with Crippen LogP contribution in [-0.4, -0.2) is 10.9 Å². The molecule has 2 aromatic heterocycles. The molecule has 1 N–H and O–H groups in total. The molecular weight excluding hydrogens is 418 g/mol. The molecule has 0 aliphatic rings. The van der Waals surface area contributed by atoms with Gasteiger partial charge in [0.25, 0.3) is 5.91 Å². The molecule has 5 rings (SSSR count). The molecule has 3 aromatic carbocycles. The zero-order chi connectivity index (χ0) is 21.9. The third-order valence-electron chi connectivity index (χ3n) is 4.93. The Bertz CT molecular complexity index is 1490. The van der Waals surface area contributed by atoms with Crippen molar-refractivity contribution in [2.45, 2.75) is 6.92 Å². The number of carbonyl (C=O) groups is 1. The molecule has 6 heteroatoms. The van der Waals surface area contributed by atoms with Crippen molar-refractivity contribution in [1.29, 1.82) is 0 Å². The number of aromatic nitrogens is 1. The molecular formula is C26H19N3O2S. The first-order valence-electron chi connectivity index (χ1n) is 10.1. The highest BCUT2D eigenvalue weighted by atomic mass is 32.1. The molecule has 0 saturated heterocycles. The van der Waals surface area contributed by atoms with E-state index in [0.29, 0.717) is 16.3 Å². The lowest BCUT2D eigenvalue weighted by atomic mass is 10.1. The molecule has 0 aliphatic heterocycles. The number of fused-ring (bicyclic) bond motifs is 1. The van der Waals surface area contributed by atoms with Gasteiger partial charge in [-0.15, -0.1) is 11.3 Å². The van der Waals surface area contributed by atoms with Crippen molar-refractivity contribution in [3.63, 3.8) is 0 Å². The number of rotatable bonds is 4. The second kappa shape index (κ2) is 8.61. The molecule has 0 aliphatic carbocycles. The van der Waals surface area contributed by atoms with Gasteiger partial charge < -0.3 is 4.42 Å². The number of hydrogen-bond acceptors (Lipinski definition) is 5. The molecule has 2 heterocycles. The van der Waals surface area contributed by atoms with E-state index in [1.54, 1.807) is 6.07 Å². The predicted octanol–water partition coefficient (Wildman–Crippen LogP) is 6.35. The maximum absolute atomic E-state index is 13.2. The minimum Gasteiger partial charge on any atom is -0.438 e. The van der Waals surface area contributed by atoms with Crippen LogP contribution >= 0.6 is 11.3 Å². The van der Waals surface area contributed by atoms with Gasteiger partial charge in [0.15, 0.2) is 5.13 Å².